The van der Waals surface area contributed by atoms with Gasteiger partial charge in [0.2, 0.25) is 0 Å². The van der Waals surface area contributed by atoms with Gasteiger partial charge in [0.1, 0.15) is 0 Å². The van der Waals surface area contributed by atoms with Gasteiger partial charge in [0.25, 0.3) is 0 Å². The van der Waals surface area contributed by atoms with Gasteiger partial charge in [-0.1, -0.05) is 12.1 Å². The summed E-state index contributed by atoms with van der Waals surface area (Å²) in [6.07, 6.45) is 0. The van der Waals surface area contributed by atoms with Crippen LogP contribution in [0.25, 0.3) is 41.5 Å². The Morgan fingerprint density at radius 1 is 0.404 bits per heavy atom. The average molecular weight is 665 g/mol. The molecule has 2 aliphatic rings. The van der Waals surface area contributed by atoms with Crippen LogP contribution in [0.3, 0.4) is 0 Å². The van der Waals surface area contributed by atoms with Crippen molar-refractivity contribution in [3.63, 3.8) is 0 Å². The first-order chi connectivity index (χ1) is 23.2. The number of benzene rings is 7. The molecule has 7 aromatic carbocycles. The quantitative estimate of drug-likeness (QED) is 0.138. The Bertz CT molecular complexity index is 2570. The van der Waals surface area contributed by atoms with Crippen LogP contribution in [0, 0.1) is 0 Å². The molecule has 0 radical (unpaired) electrons. The normalized spacial score (nSPS) is 15.4. The second-order valence-electron chi connectivity index (χ2n) is 12.4. The van der Waals surface area contributed by atoms with E-state index in [1.54, 1.807) is 0 Å². The molecule has 220 valence electrons. The molecule has 0 fully saturated rings. The maximum atomic E-state index is 14.1. The maximum absolute atomic E-state index is 14.1. The van der Waals surface area contributed by atoms with Crippen molar-refractivity contribution in [2.75, 3.05) is 4.90 Å². The summed E-state index contributed by atoms with van der Waals surface area (Å²) in [6.45, 7) is 0. The van der Waals surface area contributed by atoms with E-state index in [1.165, 1.54) is 53.0 Å². The molecule has 1 spiro atoms. The first-order valence-electron chi connectivity index (χ1n) is 16.0. The fraction of sp³-hybridized carbons (Fsp3) is 0.0227. The molecule has 2 aliphatic carbocycles. The number of nitrogens with zero attached hydrogens (tertiary/aromatic N) is 1. The molecule has 2 nitrogen and oxygen atoms in total. The van der Waals surface area contributed by atoms with Gasteiger partial charge in [0.05, 0.1) is 0 Å². The Balaban J connectivity index is 1.32. The van der Waals surface area contributed by atoms with Gasteiger partial charge >= 0.3 is 268 Å². The zero-order chi connectivity index (χ0) is 31.1. The van der Waals surface area contributed by atoms with Crippen molar-refractivity contribution in [1.82, 2.24) is 0 Å². The fourth-order valence-electron chi connectivity index (χ4n) is 8.16. The molecular formula is C44H27NOSe. The summed E-state index contributed by atoms with van der Waals surface area (Å²) in [5.74, 6) is 0. The van der Waals surface area contributed by atoms with Crippen LogP contribution in [0.5, 0.6) is 0 Å². The van der Waals surface area contributed by atoms with Crippen molar-refractivity contribution < 1.29 is 0 Å². The minimum atomic E-state index is -0.549. The van der Waals surface area contributed by atoms with Crippen molar-refractivity contribution in [2.45, 2.75) is 5.41 Å². The zero-order valence-corrected chi connectivity index (χ0v) is 27.1. The Labute approximate surface area is 278 Å². The van der Waals surface area contributed by atoms with Gasteiger partial charge in [-0.2, -0.15) is 0 Å². The van der Waals surface area contributed by atoms with Crippen LogP contribution >= 0.6 is 0 Å². The van der Waals surface area contributed by atoms with Gasteiger partial charge in [-0.3, -0.25) is 0 Å². The Morgan fingerprint density at radius 3 is 1.66 bits per heavy atom. The van der Waals surface area contributed by atoms with E-state index in [0.29, 0.717) is 0 Å². The second-order valence-corrected chi connectivity index (χ2v) is 14.7. The van der Waals surface area contributed by atoms with E-state index in [9.17, 15) is 4.79 Å². The van der Waals surface area contributed by atoms with E-state index in [4.69, 9.17) is 0 Å². The van der Waals surface area contributed by atoms with Crippen LogP contribution in [-0.2, 0) is 5.41 Å². The van der Waals surface area contributed by atoms with Crippen LogP contribution in [0.15, 0.2) is 169 Å². The molecule has 10 rings (SSSR count). The second kappa shape index (κ2) is 10.0. The summed E-state index contributed by atoms with van der Waals surface area (Å²) in [7, 11) is 0. The fourth-order valence-corrected chi connectivity index (χ4v) is 10.5. The van der Waals surface area contributed by atoms with Crippen molar-refractivity contribution in [3.8, 4) is 22.3 Å². The van der Waals surface area contributed by atoms with Crippen molar-refractivity contribution >= 4 is 50.9 Å². The Kier molecular flexibility index (Phi) is 5.69. The molecule has 1 aromatic heterocycles. The van der Waals surface area contributed by atoms with E-state index < -0.39 is 5.41 Å². The van der Waals surface area contributed by atoms with E-state index in [2.05, 4.69) is 157 Å². The topological polar surface area (TPSA) is 20.3 Å². The summed E-state index contributed by atoms with van der Waals surface area (Å²) >= 11 is 0.0596. The van der Waals surface area contributed by atoms with Crippen LogP contribution in [0.4, 0.5) is 17.1 Å². The predicted molar refractivity (Wildman–Crippen MR) is 196 cm³/mol. The number of rotatable bonds is 3. The molecule has 0 aliphatic heterocycles. The molecule has 1 unspecified atom stereocenters. The van der Waals surface area contributed by atoms with E-state index in [-0.39, 0.29) is 19.9 Å². The first kappa shape index (κ1) is 26.7. The number of hydrogen-bond acceptors (Lipinski definition) is 2. The number of fused-ring (bicyclic) bond motifs is 12. The number of anilines is 3. The molecule has 0 saturated carbocycles. The molecule has 0 amide bonds. The summed E-state index contributed by atoms with van der Waals surface area (Å²) in [5, 5.41) is 1.70. The molecule has 0 bridgehead atoms. The monoisotopic (exact) mass is 665 g/mol. The van der Waals surface area contributed by atoms with Crippen LogP contribution in [-0.4, -0.2) is 14.5 Å². The standard InChI is InChI=1S/C44H27NOSe/c46-43-34-19-9-12-22-41(34)47-42-27-35-32-18-8-11-21-38(32)44(40(35)26-36(42)43)37-20-10-7-17-31(37)33-24-23-30(25-39(33)44)45(28-13-3-1-4-14-28)29-15-5-2-6-16-29/h1-27H. The Hall–Kier alpha value is -5.47. The van der Waals surface area contributed by atoms with Gasteiger partial charge in [0, 0.05) is 0 Å². The molecular weight excluding hydrogens is 637 g/mol. The van der Waals surface area contributed by atoms with Crippen molar-refractivity contribution in [2.24, 2.45) is 0 Å². The SMILES string of the molecule is O=c1c2ccccc2[se]c2cc3c(cc12)C1(c2ccccc2-c2ccc(N(c4ccccc4)c4ccccc4)cc21)c1ccccc1-3. The summed E-state index contributed by atoms with van der Waals surface area (Å²) in [6, 6.07) is 58.7. The Morgan fingerprint density at radius 2 is 0.957 bits per heavy atom. The van der Waals surface area contributed by atoms with Gasteiger partial charge < -0.3 is 0 Å². The molecule has 8 aromatic rings. The number of para-hydroxylation sites is 2. The molecule has 1 heterocycles. The van der Waals surface area contributed by atoms with Gasteiger partial charge in [-0.15, -0.1) is 0 Å². The summed E-state index contributed by atoms with van der Waals surface area (Å²) in [4.78, 5) is 16.5. The number of hydrogen-bond donors (Lipinski definition) is 0. The molecule has 3 heteroatoms. The molecule has 47 heavy (non-hydrogen) atoms. The average Bonchev–Trinajstić information content (AvgIpc) is 3.59. The van der Waals surface area contributed by atoms with Crippen molar-refractivity contribution in [3.05, 3.63) is 196 Å². The van der Waals surface area contributed by atoms with Gasteiger partial charge in [-0.25, -0.2) is 0 Å². The van der Waals surface area contributed by atoms with E-state index >= 15 is 0 Å². The third-order valence-electron chi connectivity index (χ3n) is 10.1. The van der Waals surface area contributed by atoms with Crippen LogP contribution in [0.2, 0.25) is 0 Å². The van der Waals surface area contributed by atoms with E-state index in [0.717, 1.165) is 27.8 Å². The van der Waals surface area contributed by atoms with Gasteiger partial charge in [0.15, 0.2) is 0 Å². The predicted octanol–water partition coefficient (Wildman–Crippen LogP) is 10.2. The van der Waals surface area contributed by atoms with Crippen LogP contribution < -0.4 is 10.3 Å². The van der Waals surface area contributed by atoms with Gasteiger partial charge in [-0.05, 0) is 0 Å². The molecule has 1 atom stereocenters. The summed E-state index contributed by atoms with van der Waals surface area (Å²) in [5.41, 5.74) is 12.9. The zero-order valence-electron chi connectivity index (χ0n) is 25.4. The minimum absolute atomic E-state index is 0.0596. The third-order valence-corrected chi connectivity index (χ3v) is 12.4. The first-order valence-corrected chi connectivity index (χ1v) is 17.7. The van der Waals surface area contributed by atoms with E-state index in [1.807, 2.05) is 12.1 Å². The van der Waals surface area contributed by atoms with Crippen LogP contribution in [0.1, 0.15) is 22.3 Å². The molecule has 0 N–H and O–H groups in total. The third kappa shape index (κ3) is 3.64. The van der Waals surface area contributed by atoms with Crippen molar-refractivity contribution in [1.29, 1.82) is 0 Å². The summed E-state index contributed by atoms with van der Waals surface area (Å²) < 4.78 is 2.34. The molecule has 0 saturated heterocycles.